The van der Waals surface area contributed by atoms with Crippen LogP contribution >= 0.6 is 17.0 Å². The maximum absolute atomic E-state index is 4.93. The molecule has 0 spiro atoms. The van der Waals surface area contributed by atoms with Crippen molar-refractivity contribution in [2.45, 2.75) is 25.9 Å². The van der Waals surface area contributed by atoms with Crippen LogP contribution in [0.2, 0.25) is 0 Å². The fourth-order valence-electron chi connectivity index (χ4n) is 6.04. The molecule has 0 radical (unpaired) electrons. The molecule has 2 atom stereocenters. The monoisotopic (exact) mass is 648 g/mol. The number of benzene rings is 4. The van der Waals surface area contributed by atoms with Crippen molar-refractivity contribution in [3.8, 4) is 0 Å². The minimum absolute atomic E-state index is 0.205. The summed E-state index contributed by atoms with van der Waals surface area (Å²) in [6.07, 6.45) is 11.2. The number of allylic oxidation sites excluding steroid dienone is 2. The van der Waals surface area contributed by atoms with E-state index in [0.717, 1.165) is 0 Å². The van der Waals surface area contributed by atoms with Gasteiger partial charge in [0.1, 0.15) is 0 Å². The molecule has 6 aromatic rings. The molecule has 0 fully saturated rings. The van der Waals surface area contributed by atoms with Gasteiger partial charge in [0.2, 0.25) is 0 Å². The van der Waals surface area contributed by atoms with Crippen molar-refractivity contribution in [3.63, 3.8) is 0 Å². The van der Waals surface area contributed by atoms with Crippen LogP contribution in [0.25, 0.3) is 34.0 Å². The average Bonchev–Trinajstić information content (AvgIpc) is 3.75. The van der Waals surface area contributed by atoms with E-state index in [1.54, 1.807) is 0 Å². The number of nitrogens with zero attached hydrogens (tertiary/aromatic N) is 2. The van der Waals surface area contributed by atoms with Crippen molar-refractivity contribution >= 4 is 51.0 Å². The molecule has 200 valence electrons. The van der Waals surface area contributed by atoms with Crippen LogP contribution < -0.4 is 0 Å². The SMILES string of the molecule is Cc1cc2ccccc2n1C1[C-]=Cc2ccccc21.Cc1cc2ccccc2n1C1[C-]=Cc2ccccc21.[Cl][Zr+2][Cl]. The molecule has 2 aliphatic carbocycles. The third-order valence-corrected chi connectivity index (χ3v) is 7.77. The second-order valence-electron chi connectivity index (χ2n) is 10.2. The van der Waals surface area contributed by atoms with E-state index in [2.05, 4.69) is 156 Å². The first-order chi connectivity index (χ1) is 20.1. The van der Waals surface area contributed by atoms with Crippen LogP contribution in [0.15, 0.2) is 109 Å². The Morgan fingerprint density at radius 1 is 0.561 bits per heavy atom. The first kappa shape index (κ1) is 28.0. The molecule has 2 heterocycles. The van der Waals surface area contributed by atoms with E-state index in [9.17, 15) is 0 Å². The Hall–Kier alpha value is -3.10. The molecule has 5 heteroatoms. The normalized spacial score (nSPS) is 16.0. The van der Waals surface area contributed by atoms with E-state index in [0.29, 0.717) is 0 Å². The minimum atomic E-state index is -0.826. The fraction of sp³-hybridized carbons (Fsp3) is 0.111. The topological polar surface area (TPSA) is 9.86 Å². The summed E-state index contributed by atoms with van der Waals surface area (Å²) in [5.74, 6) is 0. The molecular formula is C36H28Cl2N2Zr. The molecule has 0 amide bonds. The average molecular weight is 651 g/mol. The molecule has 2 nitrogen and oxygen atoms in total. The van der Waals surface area contributed by atoms with Gasteiger partial charge in [-0.3, -0.25) is 0 Å². The zero-order chi connectivity index (χ0) is 28.3. The Morgan fingerprint density at radius 2 is 0.927 bits per heavy atom. The zero-order valence-corrected chi connectivity index (χ0v) is 26.8. The molecule has 8 rings (SSSR count). The van der Waals surface area contributed by atoms with E-state index in [4.69, 9.17) is 17.0 Å². The third-order valence-electron chi connectivity index (χ3n) is 7.77. The van der Waals surface area contributed by atoms with Gasteiger partial charge in [-0.1, -0.05) is 72.8 Å². The van der Waals surface area contributed by atoms with Gasteiger partial charge in [-0.2, -0.15) is 11.1 Å². The number of hydrogen-bond donors (Lipinski definition) is 0. The standard InChI is InChI=1S/2C18H14N.2ClH.Zr/c2*1-13-12-15-7-3-5-9-17(15)19(13)18-11-10-14-6-2-4-8-16(14)18;;;/h2*2-10,12,18H,1H3;2*1H;/q2*-1;;;+4/p-2. The molecule has 4 aromatic carbocycles. The molecule has 0 saturated heterocycles. The van der Waals surface area contributed by atoms with E-state index in [1.165, 1.54) is 55.4 Å². The number of hydrogen-bond acceptors (Lipinski definition) is 0. The predicted molar refractivity (Wildman–Crippen MR) is 170 cm³/mol. The summed E-state index contributed by atoms with van der Waals surface area (Å²) in [6.45, 7) is 4.34. The van der Waals surface area contributed by atoms with Crippen LogP contribution in [-0.2, 0) is 20.8 Å². The van der Waals surface area contributed by atoms with Gasteiger partial charge < -0.3 is 9.13 Å². The second-order valence-corrected chi connectivity index (χ2v) is 13.9. The fourth-order valence-corrected chi connectivity index (χ4v) is 6.04. The summed E-state index contributed by atoms with van der Waals surface area (Å²) < 4.78 is 4.75. The Bertz CT molecular complexity index is 1760. The molecule has 0 saturated carbocycles. The summed E-state index contributed by atoms with van der Waals surface area (Å²) in [5, 5.41) is 2.59. The molecule has 41 heavy (non-hydrogen) atoms. The van der Waals surface area contributed by atoms with Crippen LogP contribution in [-0.4, -0.2) is 9.13 Å². The van der Waals surface area contributed by atoms with Gasteiger partial charge in [-0.15, -0.1) is 23.3 Å². The van der Waals surface area contributed by atoms with Crippen LogP contribution in [0.4, 0.5) is 0 Å². The summed E-state index contributed by atoms with van der Waals surface area (Å²) >= 11 is -0.826. The quantitative estimate of drug-likeness (QED) is 0.165. The Morgan fingerprint density at radius 3 is 1.37 bits per heavy atom. The van der Waals surface area contributed by atoms with Crippen LogP contribution in [0.5, 0.6) is 0 Å². The van der Waals surface area contributed by atoms with Gasteiger partial charge in [0.15, 0.2) is 0 Å². The number of aromatic nitrogens is 2. The molecule has 0 aliphatic heterocycles. The van der Waals surface area contributed by atoms with E-state index in [-0.39, 0.29) is 12.1 Å². The summed E-state index contributed by atoms with van der Waals surface area (Å²) in [4.78, 5) is 0. The predicted octanol–water partition coefficient (Wildman–Crippen LogP) is 10.1. The number of aryl methyl sites for hydroxylation is 2. The number of rotatable bonds is 2. The molecule has 0 bridgehead atoms. The summed E-state index contributed by atoms with van der Waals surface area (Å²) in [5.41, 5.74) is 10.4. The molecule has 0 N–H and O–H groups in total. The summed E-state index contributed by atoms with van der Waals surface area (Å²) in [6, 6.07) is 39.1. The maximum atomic E-state index is 4.93. The van der Waals surface area contributed by atoms with Crippen LogP contribution in [0.1, 0.15) is 45.7 Å². The Kier molecular flexibility index (Phi) is 8.49. The van der Waals surface area contributed by atoms with E-state index >= 15 is 0 Å². The van der Waals surface area contributed by atoms with Gasteiger partial charge in [0.05, 0.1) is 0 Å². The first-order valence-electron chi connectivity index (χ1n) is 13.6. The van der Waals surface area contributed by atoms with Crippen molar-refractivity contribution in [2.75, 3.05) is 0 Å². The van der Waals surface area contributed by atoms with Crippen molar-refractivity contribution in [1.29, 1.82) is 0 Å². The first-order valence-corrected chi connectivity index (χ1v) is 19.9. The van der Waals surface area contributed by atoms with Crippen molar-refractivity contribution in [2.24, 2.45) is 0 Å². The third kappa shape index (κ3) is 5.44. The van der Waals surface area contributed by atoms with Crippen LogP contribution in [0.3, 0.4) is 0 Å². The second kappa shape index (κ2) is 12.4. The van der Waals surface area contributed by atoms with Crippen LogP contribution in [0, 0.1) is 26.0 Å². The molecule has 2 unspecified atom stereocenters. The van der Waals surface area contributed by atoms with Gasteiger partial charge in [-0.05, 0) is 61.0 Å². The van der Waals surface area contributed by atoms with Gasteiger partial charge >= 0.3 is 37.9 Å². The molecule has 2 aromatic heterocycles. The molecular weight excluding hydrogens is 623 g/mol. The van der Waals surface area contributed by atoms with E-state index in [1.807, 2.05) is 0 Å². The van der Waals surface area contributed by atoms with Gasteiger partial charge in [0.25, 0.3) is 0 Å². The van der Waals surface area contributed by atoms with E-state index < -0.39 is 20.8 Å². The van der Waals surface area contributed by atoms with Gasteiger partial charge in [-0.25, -0.2) is 24.3 Å². The molecule has 2 aliphatic rings. The summed E-state index contributed by atoms with van der Waals surface area (Å²) in [7, 11) is 9.87. The van der Waals surface area contributed by atoms with Gasteiger partial charge in [0, 0.05) is 22.4 Å². The van der Waals surface area contributed by atoms with Crippen molar-refractivity contribution in [3.05, 3.63) is 155 Å². The zero-order valence-electron chi connectivity index (χ0n) is 22.9. The Balaban J connectivity index is 0.000000135. The van der Waals surface area contributed by atoms with Crippen molar-refractivity contribution < 1.29 is 20.8 Å². The Labute approximate surface area is 260 Å². The number of halogens is 2. The van der Waals surface area contributed by atoms with Crippen molar-refractivity contribution in [1.82, 2.24) is 9.13 Å². The number of para-hydroxylation sites is 2. The number of fused-ring (bicyclic) bond motifs is 4.